The Hall–Kier alpha value is -0.240. The van der Waals surface area contributed by atoms with Crippen molar-refractivity contribution in [3.8, 4) is 0 Å². The second-order valence-corrected chi connectivity index (χ2v) is 8.92. The fourth-order valence-electron chi connectivity index (χ4n) is 2.01. The van der Waals surface area contributed by atoms with Gasteiger partial charge in [-0.3, -0.25) is 4.79 Å². The van der Waals surface area contributed by atoms with Gasteiger partial charge in [-0.2, -0.15) is 0 Å². The first-order valence-electron chi connectivity index (χ1n) is 5.52. The third-order valence-electron chi connectivity index (χ3n) is 2.95. The second kappa shape index (κ2) is 5.40. The van der Waals surface area contributed by atoms with Gasteiger partial charge in [-0.25, -0.2) is 8.42 Å². The van der Waals surface area contributed by atoms with E-state index in [4.69, 9.17) is 4.74 Å². The number of carbonyl (C=O) groups is 1. The molecule has 0 aliphatic carbocycles. The van der Waals surface area contributed by atoms with Crippen molar-refractivity contribution in [2.75, 3.05) is 12.4 Å². The molecule has 2 rings (SSSR count). The number of hydrogen-bond acceptors (Lipinski definition) is 5. The summed E-state index contributed by atoms with van der Waals surface area (Å²) in [7, 11) is -3.43. The van der Waals surface area contributed by atoms with Crippen LogP contribution in [0.3, 0.4) is 0 Å². The minimum Gasteiger partial charge on any atom is -0.377 e. The maximum absolute atomic E-state index is 12.1. The number of halogens is 1. The lowest BCUT2D eigenvalue weighted by molar-refractivity contribution is 0.102. The minimum atomic E-state index is -3.43. The normalized spacial score (nSPS) is 24.3. The average Bonchev–Trinajstić information content (AvgIpc) is 2.86. The molecule has 1 aliphatic heterocycles. The summed E-state index contributed by atoms with van der Waals surface area (Å²) in [5.41, 5.74) is 0. The van der Waals surface area contributed by atoms with Crippen LogP contribution in [0.5, 0.6) is 0 Å². The van der Waals surface area contributed by atoms with Gasteiger partial charge in [0, 0.05) is 6.61 Å². The van der Waals surface area contributed by atoms with Crippen LogP contribution in [0.25, 0.3) is 0 Å². The number of ether oxygens (including phenoxy) is 1. The third-order valence-corrected chi connectivity index (χ3v) is 6.82. The van der Waals surface area contributed by atoms with Crippen molar-refractivity contribution < 1.29 is 17.9 Å². The van der Waals surface area contributed by atoms with Crippen LogP contribution in [0.2, 0.25) is 0 Å². The summed E-state index contributed by atoms with van der Waals surface area (Å²) in [4.78, 5) is 12.4. The van der Waals surface area contributed by atoms with E-state index in [1.807, 2.05) is 0 Å². The number of hydrogen-bond donors (Lipinski definition) is 0. The van der Waals surface area contributed by atoms with Crippen molar-refractivity contribution in [3.63, 3.8) is 0 Å². The van der Waals surface area contributed by atoms with Gasteiger partial charge < -0.3 is 4.74 Å². The van der Waals surface area contributed by atoms with E-state index < -0.39 is 20.8 Å². The van der Waals surface area contributed by atoms with Crippen molar-refractivity contribution in [2.45, 2.75) is 24.7 Å². The van der Waals surface area contributed by atoms with Gasteiger partial charge >= 0.3 is 0 Å². The molecule has 4 nitrogen and oxygen atoms in total. The van der Waals surface area contributed by atoms with Crippen LogP contribution in [-0.2, 0) is 14.6 Å². The number of rotatable bonds is 4. The van der Waals surface area contributed by atoms with E-state index in [2.05, 4.69) is 15.9 Å². The zero-order valence-corrected chi connectivity index (χ0v) is 13.0. The summed E-state index contributed by atoms with van der Waals surface area (Å²) >= 11 is 4.50. The van der Waals surface area contributed by atoms with Gasteiger partial charge in [-0.15, -0.1) is 11.3 Å². The first-order chi connectivity index (χ1) is 8.40. The molecule has 0 amide bonds. The fraction of sp³-hybridized carbons (Fsp3) is 0.545. The second-order valence-electron chi connectivity index (χ2n) is 4.24. The van der Waals surface area contributed by atoms with Crippen LogP contribution in [0, 0.1) is 0 Å². The molecule has 1 saturated heterocycles. The summed E-state index contributed by atoms with van der Waals surface area (Å²) in [6, 6.07) is 3.38. The van der Waals surface area contributed by atoms with Gasteiger partial charge in [-0.1, -0.05) is 0 Å². The fourth-order valence-corrected chi connectivity index (χ4v) is 5.28. The predicted molar refractivity (Wildman–Crippen MR) is 74.0 cm³/mol. The molecule has 18 heavy (non-hydrogen) atoms. The average molecular weight is 353 g/mol. The smallest absolute Gasteiger partial charge is 0.187 e. The van der Waals surface area contributed by atoms with Crippen LogP contribution < -0.4 is 0 Å². The summed E-state index contributed by atoms with van der Waals surface area (Å²) < 4.78 is 30.3. The van der Waals surface area contributed by atoms with E-state index in [1.54, 1.807) is 19.1 Å². The Labute approximate surface area is 118 Å². The zero-order chi connectivity index (χ0) is 13.3. The molecular weight excluding hydrogens is 340 g/mol. The zero-order valence-electron chi connectivity index (χ0n) is 9.76. The van der Waals surface area contributed by atoms with Gasteiger partial charge in [0.25, 0.3) is 0 Å². The first-order valence-corrected chi connectivity index (χ1v) is 8.84. The molecule has 1 fully saturated rings. The number of carbonyl (C=O) groups excluding carboxylic acids is 1. The Kier molecular flexibility index (Phi) is 4.25. The minimum absolute atomic E-state index is 0.321. The highest BCUT2D eigenvalue weighted by Crippen LogP contribution is 2.25. The molecule has 2 unspecified atom stereocenters. The summed E-state index contributed by atoms with van der Waals surface area (Å²) in [5, 5.41) is -0.551. The van der Waals surface area contributed by atoms with E-state index in [0.717, 1.165) is 3.79 Å². The highest BCUT2D eigenvalue weighted by Gasteiger charge is 2.37. The molecule has 0 radical (unpaired) electrons. The molecule has 0 bridgehead atoms. The molecule has 7 heteroatoms. The van der Waals surface area contributed by atoms with Crippen molar-refractivity contribution in [3.05, 3.63) is 20.8 Å². The molecule has 0 spiro atoms. The van der Waals surface area contributed by atoms with Crippen LogP contribution >= 0.6 is 27.3 Å². The maximum atomic E-state index is 12.1. The van der Waals surface area contributed by atoms with Gasteiger partial charge in [0.1, 0.15) is 5.75 Å². The van der Waals surface area contributed by atoms with Crippen LogP contribution in [0.15, 0.2) is 15.9 Å². The van der Waals surface area contributed by atoms with Gasteiger partial charge in [0.15, 0.2) is 15.6 Å². The molecule has 0 saturated carbocycles. The van der Waals surface area contributed by atoms with E-state index in [0.29, 0.717) is 17.9 Å². The predicted octanol–water partition coefficient (Wildman–Crippen LogP) is 2.29. The Balaban J connectivity index is 2.11. The van der Waals surface area contributed by atoms with Gasteiger partial charge in [0.2, 0.25) is 0 Å². The molecule has 100 valence electrons. The van der Waals surface area contributed by atoms with Crippen molar-refractivity contribution in [2.24, 2.45) is 0 Å². The Morgan fingerprint density at radius 1 is 1.56 bits per heavy atom. The SMILES string of the molecule is CC1OCCC1S(=O)(=O)CC(=O)c1ccc(Br)s1. The molecule has 2 heterocycles. The third kappa shape index (κ3) is 3.01. The number of thiophene rings is 1. The van der Waals surface area contributed by atoms with Crippen molar-refractivity contribution >= 4 is 42.9 Å². The maximum Gasteiger partial charge on any atom is 0.187 e. The summed E-state index contributed by atoms with van der Waals surface area (Å²) in [5.74, 6) is -0.775. The van der Waals surface area contributed by atoms with E-state index in [1.165, 1.54) is 11.3 Å². The quantitative estimate of drug-likeness (QED) is 0.780. The highest BCUT2D eigenvalue weighted by molar-refractivity contribution is 9.11. The molecule has 1 aromatic heterocycles. The molecular formula is C11H13BrO4S2. The van der Waals surface area contributed by atoms with Crippen molar-refractivity contribution in [1.29, 1.82) is 0 Å². The number of Topliss-reactive ketones (excluding diaryl/α,β-unsaturated/α-hetero) is 1. The van der Waals surface area contributed by atoms with Crippen LogP contribution in [-0.4, -0.2) is 37.9 Å². The van der Waals surface area contributed by atoms with Crippen LogP contribution in [0.1, 0.15) is 23.0 Å². The lowest BCUT2D eigenvalue weighted by Gasteiger charge is -2.13. The van der Waals surface area contributed by atoms with E-state index in [-0.39, 0.29) is 11.9 Å². The summed E-state index contributed by atoms with van der Waals surface area (Å²) in [6.07, 6.45) is 0.156. The monoisotopic (exact) mass is 352 g/mol. The van der Waals surface area contributed by atoms with Gasteiger partial charge in [0.05, 0.1) is 20.0 Å². The molecule has 0 N–H and O–H groups in total. The van der Waals surface area contributed by atoms with Crippen LogP contribution in [0.4, 0.5) is 0 Å². The highest BCUT2D eigenvalue weighted by atomic mass is 79.9. The van der Waals surface area contributed by atoms with Gasteiger partial charge in [-0.05, 0) is 41.4 Å². The Bertz CT molecular complexity index is 549. The molecule has 1 aromatic rings. The lowest BCUT2D eigenvalue weighted by Crippen LogP contribution is -2.32. The largest absolute Gasteiger partial charge is 0.377 e. The number of sulfone groups is 1. The molecule has 1 aliphatic rings. The topological polar surface area (TPSA) is 60.4 Å². The summed E-state index contributed by atoms with van der Waals surface area (Å²) in [6.45, 7) is 2.19. The van der Waals surface area contributed by atoms with E-state index >= 15 is 0 Å². The number of ketones is 1. The Morgan fingerprint density at radius 3 is 2.78 bits per heavy atom. The first kappa shape index (κ1) is 14.2. The molecule has 2 atom stereocenters. The standard InChI is InChI=1S/C11H13BrO4S2/c1-7-10(4-5-16-7)18(14,15)6-8(13)9-2-3-11(12)17-9/h2-3,7,10H,4-6H2,1H3. The lowest BCUT2D eigenvalue weighted by atomic mass is 10.3. The van der Waals surface area contributed by atoms with E-state index in [9.17, 15) is 13.2 Å². The molecule has 0 aromatic carbocycles. The Morgan fingerprint density at radius 2 is 2.28 bits per heavy atom. The van der Waals surface area contributed by atoms with Crippen molar-refractivity contribution in [1.82, 2.24) is 0 Å².